The van der Waals surface area contributed by atoms with Crippen LogP contribution < -0.4 is 0 Å². The van der Waals surface area contributed by atoms with E-state index in [0.29, 0.717) is 36.9 Å². The molecule has 0 atom stereocenters. The molecule has 0 bridgehead atoms. The average molecular weight is 299 g/mol. The monoisotopic (exact) mass is 299 g/mol. The normalized spacial score (nSPS) is 18.3. The summed E-state index contributed by atoms with van der Waals surface area (Å²) >= 11 is 1.35. The van der Waals surface area contributed by atoms with Gasteiger partial charge in [0.25, 0.3) is 10.0 Å². The van der Waals surface area contributed by atoms with Crippen LogP contribution in [0, 0.1) is 11.3 Å². The molecular formula is C12H17N3O2S2. The van der Waals surface area contributed by atoms with Crippen molar-refractivity contribution in [3.63, 3.8) is 0 Å². The molecule has 0 spiro atoms. The van der Waals surface area contributed by atoms with Crippen molar-refractivity contribution in [1.29, 1.82) is 5.26 Å². The predicted octanol–water partition coefficient (Wildman–Crippen LogP) is 1.14. The number of thiophene rings is 1. The van der Waals surface area contributed by atoms with Crippen LogP contribution in [0.5, 0.6) is 0 Å². The minimum atomic E-state index is -3.35. The lowest BCUT2D eigenvalue weighted by atomic mass is 10.4. The summed E-state index contributed by atoms with van der Waals surface area (Å²) in [4.78, 5) is 3.06. The fourth-order valence-corrected chi connectivity index (χ4v) is 4.91. The van der Waals surface area contributed by atoms with E-state index in [9.17, 15) is 8.42 Å². The summed E-state index contributed by atoms with van der Waals surface area (Å²) in [7, 11) is -3.35. The van der Waals surface area contributed by atoms with Gasteiger partial charge in [-0.25, -0.2) is 8.42 Å². The van der Waals surface area contributed by atoms with Gasteiger partial charge in [0, 0.05) is 31.1 Å². The molecule has 104 valence electrons. The lowest BCUT2D eigenvalue weighted by Crippen LogP contribution is -2.48. The topological polar surface area (TPSA) is 64.4 Å². The molecule has 0 aromatic carbocycles. The van der Waals surface area contributed by atoms with Gasteiger partial charge in [0.05, 0.1) is 12.6 Å². The maximum absolute atomic E-state index is 12.4. The van der Waals surface area contributed by atoms with Gasteiger partial charge in [0.1, 0.15) is 4.21 Å². The van der Waals surface area contributed by atoms with Gasteiger partial charge in [-0.1, -0.05) is 6.92 Å². The van der Waals surface area contributed by atoms with Gasteiger partial charge in [-0.3, -0.25) is 4.90 Å². The highest BCUT2D eigenvalue weighted by Crippen LogP contribution is 2.25. The number of hydrogen-bond donors (Lipinski definition) is 0. The number of aryl methyl sites for hydroxylation is 1. The standard InChI is InChI=1S/C12H17N3O2S2/c1-2-11-3-4-12(18-11)19(16,17)15-9-7-14(6-5-13)8-10-15/h3-4H,2,6-10H2,1H3. The van der Waals surface area contributed by atoms with Crippen molar-refractivity contribution in [2.45, 2.75) is 17.6 Å². The Morgan fingerprint density at radius 1 is 1.32 bits per heavy atom. The van der Waals surface area contributed by atoms with Crippen LogP contribution in [-0.4, -0.2) is 50.3 Å². The molecule has 2 heterocycles. The van der Waals surface area contributed by atoms with Crippen LogP contribution in [0.2, 0.25) is 0 Å². The molecule has 1 saturated heterocycles. The maximum Gasteiger partial charge on any atom is 0.252 e. The van der Waals surface area contributed by atoms with Crippen LogP contribution in [0.15, 0.2) is 16.3 Å². The number of nitrogens with zero attached hydrogens (tertiary/aromatic N) is 3. The molecule has 0 unspecified atom stereocenters. The zero-order chi connectivity index (χ0) is 13.9. The lowest BCUT2D eigenvalue weighted by Gasteiger charge is -2.32. The molecule has 2 rings (SSSR count). The predicted molar refractivity (Wildman–Crippen MR) is 74.5 cm³/mol. The third-order valence-corrected chi connectivity index (χ3v) is 6.80. The third kappa shape index (κ3) is 3.15. The second-order valence-electron chi connectivity index (χ2n) is 4.41. The van der Waals surface area contributed by atoms with E-state index in [1.165, 1.54) is 15.6 Å². The lowest BCUT2D eigenvalue weighted by molar-refractivity contribution is 0.206. The summed E-state index contributed by atoms with van der Waals surface area (Å²) in [5.74, 6) is 0. The summed E-state index contributed by atoms with van der Waals surface area (Å²) < 4.78 is 26.8. The highest BCUT2D eigenvalue weighted by molar-refractivity contribution is 7.91. The highest BCUT2D eigenvalue weighted by atomic mass is 32.2. The Balaban J connectivity index is 2.07. The molecule has 0 radical (unpaired) electrons. The van der Waals surface area contributed by atoms with Crippen LogP contribution in [0.25, 0.3) is 0 Å². The van der Waals surface area contributed by atoms with E-state index in [1.807, 2.05) is 17.9 Å². The molecule has 0 aliphatic carbocycles. The van der Waals surface area contributed by atoms with Crippen molar-refractivity contribution in [3.8, 4) is 6.07 Å². The van der Waals surface area contributed by atoms with Gasteiger partial charge >= 0.3 is 0 Å². The molecule has 0 amide bonds. The molecule has 7 heteroatoms. The van der Waals surface area contributed by atoms with E-state index in [1.54, 1.807) is 6.07 Å². The van der Waals surface area contributed by atoms with E-state index in [2.05, 4.69) is 6.07 Å². The Hall–Kier alpha value is -0.940. The fraction of sp³-hybridized carbons (Fsp3) is 0.583. The minimum Gasteiger partial charge on any atom is -0.288 e. The molecule has 19 heavy (non-hydrogen) atoms. The van der Waals surface area contributed by atoms with Crippen molar-refractivity contribution < 1.29 is 8.42 Å². The number of nitriles is 1. The largest absolute Gasteiger partial charge is 0.288 e. The molecule has 1 aliphatic heterocycles. The number of rotatable bonds is 4. The van der Waals surface area contributed by atoms with E-state index in [4.69, 9.17) is 5.26 Å². The molecule has 5 nitrogen and oxygen atoms in total. The van der Waals surface area contributed by atoms with Gasteiger partial charge in [0.15, 0.2) is 0 Å². The molecule has 1 aromatic rings. The first-order valence-electron chi connectivity index (χ1n) is 6.26. The second kappa shape index (κ2) is 6.01. The van der Waals surface area contributed by atoms with Crippen LogP contribution in [0.3, 0.4) is 0 Å². The Bertz CT molecular complexity index is 566. The van der Waals surface area contributed by atoms with Crippen molar-refractivity contribution >= 4 is 21.4 Å². The molecule has 1 aliphatic rings. The molecule has 1 fully saturated rings. The average Bonchev–Trinajstić information content (AvgIpc) is 2.89. The fourth-order valence-electron chi connectivity index (χ4n) is 2.04. The van der Waals surface area contributed by atoms with E-state index in [0.717, 1.165) is 11.3 Å². The smallest absolute Gasteiger partial charge is 0.252 e. The third-order valence-electron chi connectivity index (χ3n) is 3.21. The quantitative estimate of drug-likeness (QED) is 0.782. The van der Waals surface area contributed by atoms with Crippen LogP contribution in [0.1, 0.15) is 11.8 Å². The number of hydrogen-bond acceptors (Lipinski definition) is 5. The summed E-state index contributed by atoms with van der Waals surface area (Å²) in [6.45, 7) is 4.56. The van der Waals surface area contributed by atoms with E-state index >= 15 is 0 Å². The highest BCUT2D eigenvalue weighted by Gasteiger charge is 2.29. The minimum absolute atomic E-state index is 0.368. The number of piperazine rings is 1. The maximum atomic E-state index is 12.4. The Morgan fingerprint density at radius 2 is 2.00 bits per heavy atom. The van der Waals surface area contributed by atoms with Gasteiger partial charge in [-0.15, -0.1) is 11.3 Å². The summed E-state index contributed by atoms with van der Waals surface area (Å²) in [5, 5.41) is 8.63. The van der Waals surface area contributed by atoms with Crippen molar-refractivity contribution in [2.24, 2.45) is 0 Å². The first-order valence-corrected chi connectivity index (χ1v) is 8.51. The van der Waals surface area contributed by atoms with E-state index < -0.39 is 10.0 Å². The van der Waals surface area contributed by atoms with Crippen LogP contribution >= 0.6 is 11.3 Å². The van der Waals surface area contributed by atoms with Gasteiger partial charge in [-0.2, -0.15) is 9.57 Å². The zero-order valence-corrected chi connectivity index (χ0v) is 12.5. The van der Waals surface area contributed by atoms with E-state index in [-0.39, 0.29) is 0 Å². The van der Waals surface area contributed by atoms with Crippen molar-refractivity contribution in [3.05, 3.63) is 17.0 Å². The summed E-state index contributed by atoms with van der Waals surface area (Å²) in [5.41, 5.74) is 0. The first kappa shape index (κ1) is 14.5. The van der Waals surface area contributed by atoms with Crippen molar-refractivity contribution in [1.82, 2.24) is 9.21 Å². The Labute approximate surface area is 118 Å². The SMILES string of the molecule is CCc1ccc(S(=O)(=O)N2CCN(CC#N)CC2)s1. The van der Waals surface area contributed by atoms with Gasteiger partial charge in [0.2, 0.25) is 0 Å². The zero-order valence-electron chi connectivity index (χ0n) is 10.9. The van der Waals surface area contributed by atoms with Crippen LogP contribution in [0.4, 0.5) is 0 Å². The summed E-state index contributed by atoms with van der Waals surface area (Å²) in [6.07, 6.45) is 0.857. The molecule has 1 aromatic heterocycles. The number of sulfonamides is 1. The van der Waals surface area contributed by atoms with Gasteiger partial charge in [-0.05, 0) is 18.6 Å². The van der Waals surface area contributed by atoms with Crippen molar-refractivity contribution in [2.75, 3.05) is 32.7 Å². The Morgan fingerprint density at radius 3 is 2.53 bits per heavy atom. The summed E-state index contributed by atoms with van der Waals surface area (Å²) in [6, 6.07) is 5.67. The molecular weight excluding hydrogens is 282 g/mol. The molecule has 0 saturated carbocycles. The second-order valence-corrected chi connectivity index (χ2v) is 7.75. The Kier molecular flexibility index (Phi) is 4.58. The first-order chi connectivity index (χ1) is 9.07. The van der Waals surface area contributed by atoms with Gasteiger partial charge < -0.3 is 0 Å². The van der Waals surface area contributed by atoms with Crippen LogP contribution in [-0.2, 0) is 16.4 Å². The molecule has 0 N–H and O–H groups in total.